The Morgan fingerprint density at radius 3 is 2.24 bits per heavy atom. The number of carbonyl (C=O) groups is 2. The topological polar surface area (TPSA) is 82.0 Å². The molecule has 0 saturated carbocycles. The largest absolute Gasteiger partial charge is 0.417 e. The predicted molar refractivity (Wildman–Crippen MR) is 83.9 cm³/mol. The third-order valence-electron chi connectivity index (χ3n) is 3.32. The van der Waals surface area contributed by atoms with Crippen molar-refractivity contribution in [3.05, 3.63) is 64.7 Å². The summed E-state index contributed by atoms with van der Waals surface area (Å²) < 4.78 is 38.8. The minimum atomic E-state index is -4.72. The monoisotopic (exact) mass is 347 g/mol. The van der Waals surface area contributed by atoms with E-state index in [9.17, 15) is 22.8 Å². The second kappa shape index (κ2) is 7.05. The van der Waals surface area contributed by atoms with Gasteiger partial charge in [-0.25, -0.2) is 0 Å². The number of benzene rings is 2. The summed E-state index contributed by atoms with van der Waals surface area (Å²) in [6.45, 7) is 0. The average Bonchev–Trinajstić information content (AvgIpc) is 2.60. The molecule has 0 bridgehead atoms. The first kappa shape index (κ1) is 18.0. The van der Waals surface area contributed by atoms with Crippen LogP contribution in [0, 0.1) is 11.3 Å². The van der Waals surface area contributed by atoms with Gasteiger partial charge in [-0.15, -0.1) is 0 Å². The van der Waals surface area contributed by atoms with Gasteiger partial charge in [-0.3, -0.25) is 9.59 Å². The van der Waals surface area contributed by atoms with Crippen LogP contribution in [0.15, 0.2) is 42.5 Å². The fourth-order valence-electron chi connectivity index (χ4n) is 2.10. The van der Waals surface area contributed by atoms with E-state index < -0.39 is 29.1 Å². The van der Waals surface area contributed by atoms with Crippen molar-refractivity contribution in [2.45, 2.75) is 6.18 Å². The van der Waals surface area contributed by atoms with Crippen molar-refractivity contribution in [3.63, 3.8) is 0 Å². The third kappa shape index (κ3) is 4.14. The Morgan fingerprint density at radius 2 is 1.68 bits per heavy atom. The van der Waals surface area contributed by atoms with E-state index >= 15 is 0 Å². The van der Waals surface area contributed by atoms with Crippen LogP contribution in [-0.2, 0) is 6.18 Å². The molecule has 2 aromatic rings. The van der Waals surface area contributed by atoms with Crippen molar-refractivity contribution >= 4 is 17.5 Å². The second-order valence-corrected chi connectivity index (χ2v) is 4.98. The van der Waals surface area contributed by atoms with E-state index in [-0.39, 0.29) is 16.8 Å². The minimum absolute atomic E-state index is 0.110. The lowest BCUT2D eigenvalue weighted by Crippen LogP contribution is -2.19. The summed E-state index contributed by atoms with van der Waals surface area (Å²) in [7, 11) is 1.44. The highest BCUT2D eigenvalue weighted by Gasteiger charge is 2.34. The van der Waals surface area contributed by atoms with Crippen LogP contribution in [0.3, 0.4) is 0 Å². The molecule has 0 aromatic heterocycles. The van der Waals surface area contributed by atoms with E-state index in [2.05, 4.69) is 10.6 Å². The van der Waals surface area contributed by atoms with Gasteiger partial charge in [0.15, 0.2) is 0 Å². The SMILES string of the molecule is CNC(=O)c1cccc(C(=O)Nc2ccc(C#N)c(C(F)(F)F)c2)c1. The van der Waals surface area contributed by atoms with E-state index in [0.29, 0.717) is 6.07 Å². The zero-order valence-corrected chi connectivity index (χ0v) is 12.9. The summed E-state index contributed by atoms with van der Waals surface area (Å²) in [5.74, 6) is -1.07. The molecule has 5 nitrogen and oxygen atoms in total. The predicted octanol–water partition coefficient (Wildman–Crippen LogP) is 3.19. The van der Waals surface area contributed by atoms with Crippen LogP contribution >= 0.6 is 0 Å². The lowest BCUT2D eigenvalue weighted by atomic mass is 10.1. The standard InChI is InChI=1S/C17H12F3N3O2/c1-22-15(24)10-3-2-4-11(7-10)16(25)23-13-6-5-12(9-21)14(8-13)17(18,19)20/h2-8H,1H3,(H,22,24)(H,23,25). The van der Waals surface area contributed by atoms with Crippen molar-refractivity contribution in [1.82, 2.24) is 5.32 Å². The number of hydrogen-bond acceptors (Lipinski definition) is 3. The highest BCUT2D eigenvalue weighted by Crippen LogP contribution is 2.33. The number of alkyl halides is 3. The Hall–Kier alpha value is -3.34. The molecule has 0 aliphatic heterocycles. The molecule has 0 heterocycles. The quantitative estimate of drug-likeness (QED) is 0.895. The molecule has 2 aromatic carbocycles. The van der Waals surface area contributed by atoms with Gasteiger partial charge in [0.1, 0.15) is 0 Å². The zero-order chi connectivity index (χ0) is 18.6. The van der Waals surface area contributed by atoms with E-state index in [4.69, 9.17) is 5.26 Å². The Bertz CT molecular complexity index is 870. The molecule has 8 heteroatoms. The van der Waals surface area contributed by atoms with Gasteiger partial charge in [0.2, 0.25) is 0 Å². The number of nitrogens with one attached hydrogen (secondary N) is 2. The van der Waals surface area contributed by atoms with Crippen molar-refractivity contribution in [3.8, 4) is 6.07 Å². The molecule has 2 N–H and O–H groups in total. The molecule has 128 valence electrons. The molecule has 25 heavy (non-hydrogen) atoms. The van der Waals surface area contributed by atoms with Gasteiger partial charge in [-0.05, 0) is 36.4 Å². The van der Waals surface area contributed by atoms with Crippen molar-refractivity contribution in [1.29, 1.82) is 5.26 Å². The second-order valence-electron chi connectivity index (χ2n) is 4.98. The Morgan fingerprint density at radius 1 is 1.04 bits per heavy atom. The number of rotatable bonds is 3. The maximum Gasteiger partial charge on any atom is 0.417 e. The summed E-state index contributed by atoms with van der Waals surface area (Å²) in [5.41, 5.74) is -1.43. The molecule has 0 aliphatic rings. The zero-order valence-electron chi connectivity index (χ0n) is 12.9. The maximum absolute atomic E-state index is 12.9. The smallest absolute Gasteiger partial charge is 0.355 e. The first-order valence-electron chi connectivity index (χ1n) is 7.01. The van der Waals surface area contributed by atoms with Crippen LogP contribution in [-0.4, -0.2) is 18.9 Å². The summed E-state index contributed by atoms with van der Waals surface area (Å²) in [6.07, 6.45) is -4.72. The summed E-state index contributed by atoms with van der Waals surface area (Å²) in [6, 6.07) is 10.1. The fourth-order valence-corrected chi connectivity index (χ4v) is 2.10. The molecule has 2 amide bonds. The van der Waals surface area contributed by atoms with E-state index in [1.165, 1.54) is 43.4 Å². The van der Waals surface area contributed by atoms with Gasteiger partial charge in [0.25, 0.3) is 11.8 Å². The normalized spacial score (nSPS) is 10.7. The Kier molecular flexibility index (Phi) is 5.08. The summed E-state index contributed by atoms with van der Waals surface area (Å²) in [4.78, 5) is 23.8. The molecule has 0 fully saturated rings. The van der Waals surface area contributed by atoms with Crippen molar-refractivity contribution in [2.75, 3.05) is 12.4 Å². The molecule has 0 spiro atoms. The van der Waals surface area contributed by atoms with Crippen LogP contribution < -0.4 is 10.6 Å². The first-order chi connectivity index (χ1) is 11.8. The Balaban J connectivity index is 2.30. The number of nitriles is 1. The van der Waals surface area contributed by atoms with E-state index in [0.717, 1.165) is 6.07 Å². The molecule has 2 rings (SSSR count). The molecule has 0 radical (unpaired) electrons. The highest BCUT2D eigenvalue weighted by atomic mass is 19.4. The van der Waals surface area contributed by atoms with Crippen molar-refractivity contribution < 1.29 is 22.8 Å². The maximum atomic E-state index is 12.9. The van der Waals surface area contributed by atoms with Crippen LogP contribution in [0.4, 0.5) is 18.9 Å². The van der Waals surface area contributed by atoms with Crippen LogP contribution in [0.2, 0.25) is 0 Å². The van der Waals surface area contributed by atoms with Crippen LogP contribution in [0.1, 0.15) is 31.8 Å². The summed E-state index contributed by atoms with van der Waals surface area (Å²) >= 11 is 0. The van der Waals surface area contributed by atoms with Crippen LogP contribution in [0.5, 0.6) is 0 Å². The molecular weight excluding hydrogens is 335 g/mol. The van der Waals surface area contributed by atoms with Gasteiger partial charge in [-0.1, -0.05) is 6.07 Å². The molecular formula is C17H12F3N3O2. The average molecular weight is 347 g/mol. The number of halogens is 3. The van der Waals surface area contributed by atoms with Crippen molar-refractivity contribution in [2.24, 2.45) is 0 Å². The lowest BCUT2D eigenvalue weighted by Gasteiger charge is -2.12. The highest BCUT2D eigenvalue weighted by molar-refractivity contribution is 6.06. The van der Waals surface area contributed by atoms with Gasteiger partial charge in [0.05, 0.1) is 17.2 Å². The molecule has 0 atom stereocenters. The molecule has 0 aliphatic carbocycles. The van der Waals surface area contributed by atoms with Gasteiger partial charge in [0, 0.05) is 23.9 Å². The number of hydrogen-bond donors (Lipinski definition) is 2. The lowest BCUT2D eigenvalue weighted by molar-refractivity contribution is -0.137. The number of anilines is 1. The number of carbonyl (C=O) groups excluding carboxylic acids is 2. The van der Waals surface area contributed by atoms with Gasteiger partial charge >= 0.3 is 6.18 Å². The van der Waals surface area contributed by atoms with Crippen LogP contribution in [0.25, 0.3) is 0 Å². The number of nitrogens with zero attached hydrogens (tertiary/aromatic N) is 1. The summed E-state index contributed by atoms with van der Waals surface area (Å²) in [5, 5.41) is 13.5. The first-order valence-corrected chi connectivity index (χ1v) is 7.01. The Labute approximate surface area is 141 Å². The van der Waals surface area contributed by atoms with Gasteiger partial charge < -0.3 is 10.6 Å². The molecule has 0 saturated heterocycles. The third-order valence-corrected chi connectivity index (χ3v) is 3.32. The molecule has 0 unspecified atom stereocenters. The fraction of sp³-hybridized carbons (Fsp3) is 0.118. The number of amides is 2. The van der Waals surface area contributed by atoms with Gasteiger partial charge in [-0.2, -0.15) is 18.4 Å². The van der Waals surface area contributed by atoms with E-state index in [1.54, 1.807) is 0 Å². The van der Waals surface area contributed by atoms with E-state index in [1.807, 2.05) is 0 Å². The minimum Gasteiger partial charge on any atom is -0.355 e.